The summed E-state index contributed by atoms with van der Waals surface area (Å²) in [5, 5.41) is 0. The minimum Gasteiger partial charge on any atom is -0.460 e. The molecule has 0 aliphatic heterocycles. The first-order valence-electron chi connectivity index (χ1n) is 8.19. The summed E-state index contributed by atoms with van der Waals surface area (Å²) in [6, 6.07) is 9.22. The third-order valence-corrected chi connectivity index (χ3v) is 3.55. The molecule has 4 nitrogen and oxygen atoms in total. The summed E-state index contributed by atoms with van der Waals surface area (Å²) in [5.74, 6) is -0.871. The molecule has 0 aromatic heterocycles. The van der Waals surface area contributed by atoms with Crippen molar-refractivity contribution in [1.82, 2.24) is 0 Å². The SMILES string of the molecule is CCCCC(CC)COC(=O)C(=Cc1ccccc1)OC(C)=O. The molecule has 126 valence electrons. The molecule has 1 atom stereocenters. The lowest BCUT2D eigenvalue weighted by atomic mass is 10.0. The average Bonchev–Trinajstić information content (AvgIpc) is 2.54. The predicted molar refractivity (Wildman–Crippen MR) is 90.5 cm³/mol. The van der Waals surface area contributed by atoms with Gasteiger partial charge in [0.05, 0.1) is 6.61 Å². The van der Waals surface area contributed by atoms with Crippen LogP contribution in [0.3, 0.4) is 0 Å². The summed E-state index contributed by atoms with van der Waals surface area (Å²) >= 11 is 0. The molecule has 0 aliphatic rings. The number of carbonyl (C=O) groups excluding carboxylic acids is 2. The molecule has 0 fully saturated rings. The van der Waals surface area contributed by atoms with Gasteiger partial charge in [-0.1, -0.05) is 63.4 Å². The van der Waals surface area contributed by atoms with E-state index in [1.54, 1.807) is 0 Å². The molecule has 0 aliphatic carbocycles. The number of benzene rings is 1. The van der Waals surface area contributed by atoms with Crippen LogP contribution in [0.1, 0.15) is 52.0 Å². The van der Waals surface area contributed by atoms with E-state index in [1.807, 2.05) is 30.3 Å². The van der Waals surface area contributed by atoms with Gasteiger partial charge in [-0.3, -0.25) is 4.79 Å². The zero-order valence-corrected chi connectivity index (χ0v) is 14.2. The smallest absolute Gasteiger partial charge is 0.374 e. The van der Waals surface area contributed by atoms with Crippen molar-refractivity contribution in [3.8, 4) is 0 Å². The molecule has 23 heavy (non-hydrogen) atoms. The second kappa shape index (κ2) is 10.6. The maximum atomic E-state index is 12.2. The monoisotopic (exact) mass is 318 g/mol. The predicted octanol–water partition coefficient (Wildman–Crippen LogP) is 4.35. The van der Waals surface area contributed by atoms with Crippen molar-refractivity contribution < 1.29 is 19.1 Å². The second-order valence-corrected chi connectivity index (χ2v) is 5.53. The Morgan fingerprint density at radius 2 is 1.87 bits per heavy atom. The van der Waals surface area contributed by atoms with E-state index in [-0.39, 0.29) is 5.76 Å². The highest BCUT2D eigenvalue weighted by Crippen LogP contribution is 2.15. The molecule has 1 aromatic carbocycles. The fourth-order valence-corrected chi connectivity index (χ4v) is 2.15. The van der Waals surface area contributed by atoms with E-state index in [0.717, 1.165) is 31.2 Å². The zero-order valence-electron chi connectivity index (χ0n) is 14.2. The summed E-state index contributed by atoms with van der Waals surface area (Å²) in [6.45, 7) is 5.84. The third kappa shape index (κ3) is 7.63. The Morgan fingerprint density at radius 1 is 1.17 bits per heavy atom. The molecule has 1 aromatic rings. The van der Waals surface area contributed by atoms with Crippen molar-refractivity contribution in [2.24, 2.45) is 5.92 Å². The van der Waals surface area contributed by atoms with Gasteiger partial charge in [0, 0.05) is 6.92 Å². The molecule has 0 radical (unpaired) electrons. The molecule has 0 N–H and O–H groups in total. The van der Waals surface area contributed by atoms with Crippen molar-refractivity contribution in [3.05, 3.63) is 41.7 Å². The number of hydrogen-bond acceptors (Lipinski definition) is 4. The zero-order chi connectivity index (χ0) is 17.1. The van der Waals surface area contributed by atoms with Crippen LogP contribution in [-0.4, -0.2) is 18.5 Å². The van der Waals surface area contributed by atoms with E-state index in [9.17, 15) is 9.59 Å². The van der Waals surface area contributed by atoms with Crippen molar-refractivity contribution in [2.45, 2.75) is 46.5 Å². The highest BCUT2D eigenvalue weighted by molar-refractivity contribution is 5.93. The van der Waals surface area contributed by atoms with Crippen LogP contribution >= 0.6 is 0 Å². The van der Waals surface area contributed by atoms with Crippen molar-refractivity contribution in [3.63, 3.8) is 0 Å². The Balaban J connectivity index is 2.72. The number of carbonyl (C=O) groups is 2. The van der Waals surface area contributed by atoms with E-state index >= 15 is 0 Å². The summed E-state index contributed by atoms with van der Waals surface area (Å²) in [5.41, 5.74) is 0.777. The van der Waals surface area contributed by atoms with E-state index in [4.69, 9.17) is 9.47 Å². The number of unbranched alkanes of at least 4 members (excludes halogenated alkanes) is 1. The second-order valence-electron chi connectivity index (χ2n) is 5.53. The van der Waals surface area contributed by atoms with Gasteiger partial charge >= 0.3 is 11.9 Å². The molecule has 4 heteroatoms. The minimum absolute atomic E-state index is 0.0750. The average molecular weight is 318 g/mol. The molecule has 0 spiro atoms. The van der Waals surface area contributed by atoms with Crippen LogP contribution in [0.4, 0.5) is 0 Å². The molecule has 0 heterocycles. The lowest BCUT2D eigenvalue weighted by molar-refractivity contribution is -0.151. The summed E-state index contributed by atoms with van der Waals surface area (Å²) in [7, 11) is 0. The van der Waals surface area contributed by atoms with Crippen molar-refractivity contribution in [2.75, 3.05) is 6.61 Å². The maximum absolute atomic E-state index is 12.2. The molecule has 1 unspecified atom stereocenters. The molecular weight excluding hydrogens is 292 g/mol. The fraction of sp³-hybridized carbons (Fsp3) is 0.474. The van der Waals surface area contributed by atoms with Crippen LogP contribution in [0.15, 0.2) is 36.1 Å². The Bertz CT molecular complexity index is 519. The van der Waals surface area contributed by atoms with Crippen LogP contribution in [-0.2, 0) is 19.1 Å². The lowest BCUT2D eigenvalue weighted by Crippen LogP contribution is -2.17. The first-order valence-corrected chi connectivity index (χ1v) is 8.19. The molecular formula is C19H26O4. The number of hydrogen-bond donors (Lipinski definition) is 0. The summed E-state index contributed by atoms with van der Waals surface area (Å²) in [6.07, 6.45) is 5.75. The van der Waals surface area contributed by atoms with Gasteiger partial charge in [0.15, 0.2) is 0 Å². The van der Waals surface area contributed by atoms with Crippen LogP contribution in [0.2, 0.25) is 0 Å². The van der Waals surface area contributed by atoms with E-state index < -0.39 is 11.9 Å². The molecule has 1 rings (SSSR count). The maximum Gasteiger partial charge on any atom is 0.374 e. The Labute approximate surface area is 138 Å². The van der Waals surface area contributed by atoms with Crippen molar-refractivity contribution in [1.29, 1.82) is 0 Å². The van der Waals surface area contributed by atoms with Crippen molar-refractivity contribution >= 4 is 18.0 Å². The topological polar surface area (TPSA) is 52.6 Å². The van der Waals surface area contributed by atoms with E-state index in [2.05, 4.69) is 13.8 Å². The Kier molecular flexibility index (Phi) is 8.73. The van der Waals surface area contributed by atoms with Crippen LogP contribution in [0.25, 0.3) is 6.08 Å². The summed E-state index contributed by atoms with van der Waals surface area (Å²) in [4.78, 5) is 23.4. The fourth-order valence-electron chi connectivity index (χ4n) is 2.15. The van der Waals surface area contributed by atoms with E-state index in [0.29, 0.717) is 12.5 Å². The third-order valence-electron chi connectivity index (χ3n) is 3.55. The first kappa shape index (κ1) is 18.9. The van der Waals surface area contributed by atoms with Gasteiger partial charge < -0.3 is 9.47 Å². The highest BCUT2D eigenvalue weighted by Gasteiger charge is 2.17. The van der Waals surface area contributed by atoms with Crippen LogP contribution < -0.4 is 0 Å². The first-order chi connectivity index (χ1) is 11.1. The molecule has 0 amide bonds. The van der Waals surface area contributed by atoms with Crippen LogP contribution in [0, 0.1) is 5.92 Å². The summed E-state index contributed by atoms with van der Waals surface area (Å²) < 4.78 is 10.4. The van der Waals surface area contributed by atoms with Gasteiger partial charge in [-0.2, -0.15) is 0 Å². The van der Waals surface area contributed by atoms with Gasteiger partial charge in [-0.15, -0.1) is 0 Å². The normalized spacial score (nSPS) is 12.6. The molecule has 0 bridgehead atoms. The van der Waals surface area contributed by atoms with Gasteiger partial charge in [-0.05, 0) is 24.0 Å². The largest absolute Gasteiger partial charge is 0.460 e. The highest BCUT2D eigenvalue weighted by atomic mass is 16.6. The van der Waals surface area contributed by atoms with Gasteiger partial charge in [0.25, 0.3) is 0 Å². The van der Waals surface area contributed by atoms with Gasteiger partial charge in [-0.25, -0.2) is 4.79 Å². The molecule has 0 saturated carbocycles. The van der Waals surface area contributed by atoms with Crippen LogP contribution in [0.5, 0.6) is 0 Å². The number of ether oxygens (including phenoxy) is 2. The lowest BCUT2D eigenvalue weighted by Gasteiger charge is -2.15. The quantitative estimate of drug-likeness (QED) is 0.386. The number of rotatable bonds is 9. The Morgan fingerprint density at radius 3 is 2.43 bits per heavy atom. The standard InChI is InChI=1S/C19H26O4/c1-4-6-10-16(5-2)14-22-19(21)18(23-15(3)20)13-17-11-8-7-9-12-17/h7-9,11-13,16H,4-6,10,14H2,1-3H3. The van der Waals surface area contributed by atoms with E-state index in [1.165, 1.54) is 13.0 Å². The molecule has 0 saturated heterocycles. The van der Waals surface area contributed by atoms with Gasteiger partial charge in [0.2, 0.25) is 5.76 Å². The number of esters is 2. The Hall–Kier alpha value is -2.10. The van der Waals surface area contributed by atoms with Gasteiger partial charge in [0.1, 0.15) is 0 Å². The minimum atomic E-state index is -0.598.